The lowest BCUT2D eigenvalue weighted by atomic mass is 10.1. The molecule has 0 atom stereocenters. The molecule has 19 heavy (non-hydrogen) atoms. The van der Waals surface area contributed by atoms with E-state index in [-0.39, 0.29) is 12.5 Å². The summed E-state index contributed by atoms with van der Waals surface area (Å²) in [6.45, 7) is 2.99. The van der Waals surface area contributed by atoms with E-state index >= 15 is 0 Å². The van der Waals surface area contributed by atoms with Crippen molar-refractivity contribution in [1.29, 1.82) is 0 Å². The van der Waals surface area contributed by atoms with Gasteiger partial charge in [0, 0.05) is 5.69 Å². The van der Waals surface area contributed by atoms with Crippen molar-refractivity contribution in [3.05, 3.63) is 30.3 Å². The molecule has 0 spiro atoms. The topological polar surface area (TPSA) is 38.3 Å². The summed E-state index contributed by atoms with van der Waals surface area (Å²) in [5, 5.41) is 3.04. The van der Waals surface area contributed by atoms with Crippen molar-refractivity contribution in [3.63, 3.8) is 0 Å². The molecule has 0 unspecified atom stereocenters. The molecular formula is C16H25NO2. The summed E-state index contributed by atoms with van der Waals surface area (Å²) in [5.74, 6) is -0.183. The molecule has 0 bridgehead atoms. The highest BCUT2D eigenvalue weighted by Crippen LogP contribution is 2.06. The van der Waals surface area contributed by atoms with Crippen LogP contribution in [0.1, 0.15) is 45.4 Å². The molecule has 0 saturated heterocycles. The van der Waals surface area contributed by atoms with E-state index in [1.165, 1.54) is 25.7 Å². The minimum atomic E-state index is -0.183. The predicted molar refractivity (Wildman–Crippen MR) is 79.3 cm³/mol. The third-order valence-electron chi connectivity index (χ3n) is 2.97. The molecular weight excluding hydrogens is 238 g/mol. The molecule has 0 amide bonds. The number of benzene rings is 1. The van der Waals surface area contributed by atoms with Gasteiger partial charge in [0.15, 0.2) is 0 Å². The second-order valence-corrected chi connectivity index (χ2v) is 4.71. The molecule has 0 fully saturated rings. The van der Waals surface area contributed by atoms with Gasteiger partial charge in [-0.3, -0.25) is 4.79 Å². The van der Waals surface area contributed by atoms with Crippen LogP contribution in [-0.2, 0) is 9.53 Å². The van der Waals surface area contributed by atoms with Gasteiger partial charge in [0.2, 0.25) is 0 Å². The number of carbonyl (C=O) groups excluding carboxylic acids is 1. The zero-order chi connectivity index (χ0) is 13.8. The highest BCUT2D eigenvalue weighted by molar-refractivity contribution is 5.74. The second kappa shape index (κ2) is 10.4. The summed E-state index contributed by atoms with van der Waals surface area (Å²) in [6, 6.07) is 9.68. The zero-order valence-electron chi connectivity index (χ0n) is 11.9. The molecule has 3 heteroatoms. The first-order valence-electron chi connectivity index (χ1n) is 7.27. The fourth-order valence-corrected chi connectivity index (χ4v) is 1.85. The van der Waals surface area contributed by atoms with Gasteiger partial charge in [-0.2, -0.15) is 0 Å². The fraction of sp³-hybridized carbons (Fsp3) is 0.562. The Kier molecular flexibility index (Phi) is 8.52. The van der Waals surface area contributed by atoms with E-state index in [1.807, 2.05) is 30.3 Å². The van der Waals surface area contributed by atoms with Crippen molar-refractivity contribution in [2.75, 3.05) is 18.5 Å². The number of para-hydroxylation sites is 1. The van der Waals surface area contributed by atoms with Crippen LogP contribution >= 0.6 is 0 Å². The molecule has 0 aliphatic carbocycles. The summed E-state index contributed by atoms with van der Waals surface area (Å²) in [6.07, 6.45) is 7.23. The van der Waals surface area contributed by atoms with Crippen LogP contribution in [0.15, 0.2) is 30.3 Å². The molecule has 106 valence electrons. The van der Waals surface area contributed by atoms with Gasteiger partial charge in [-0.05, 0) is 18.6 Å². The maximum absolute atomic E-state index is 11.5. The molecule has 3 nitrogen and oxygen atoms in total. The van der Waals surface area contributed by atoms with Gasteiger partial charge in [0.05, 0.1) is 6.61 Å². The van der Waals surface area contributed by atoms with Gasteiger partial charge in [0.25, 0.3) is 0 Å². The Hall–Kier alpha value is -1.51. The van der Waals surface area contributed by atoms with Crippen LogP contribution in [-0.4, -0.2) is 19.1 Å². The van der Waals surface area contributed by atoms with E-state index < -0.39 is 0 Å². The monoisotopic (exact) mass is 263 g/mol. The van der Waals surface area contributed by atoms with E-state index in [4.69, 9.17) is 4.74 Å². The number of hydrogen-bond donors (Lipinski definition) is 1. The summed E-state index contributed by atoms with van der Waals surface area (Å²) in [5.41, 5.74) is 0.944. The second-order valence-electron chi connectivity index (χ2n) is 4.71. The van der Waals surface area contributed by atoms with Gasteiger partial charge < -0.3 is 10.1 Å². The maximum Gasteiger partial charge on any atom is 0.325 e. The zero-order valence-corrected chi connectivity index (χ0v) is 11.9. The average Bonchev–Trinajstić information content (AvgIpc) is 2.45. The number of hydrogen-bond acceptors (Lipinski definition) is 3. The number of anilines is 1. The molecule has 1 aromatic carbocycles. The van der Waals surface area contributed by atoms with E-state index in [2.05, 4.69) is 12.2 Å². The summed E-state index contributed by atoms with van der Waals surface area (Å²) in [7, 11) is 0. The Morgan fingerprint density at radius 1 is 1.05 bits per heavy atom. The largest absolute Gasteiger partial charge is 0.464 e. The normalized spacial score (nSPS) is 10.2. The summed E-state index contributed by atoms with van der Waals surface area (Å²) >= 11 is 0. The van der Waals surface area contributed by atoms with Crippen LogP contribution < -0.4 is 5.32 Å². The number of ether oxygens (including phenoxy) is 1. The van der Waals surface area contributed by atoms with Crippen LogP contribution in [0.3, 0.4) is 0 Å². The minimum Gasteiger partial charge on any atom is -0.464 e. The Balaban J connectivity index is 1.96. The maximum atomic E-state index is 11.5. The van der Waals surface area contributed by atoms with Crippen molar-refractivity contribution in [2.45, 2.75) is 45.4 Å². The van der Waals surface area contributed by atoms with E-state index in [0.717, 1.165) is 18.5 Å². The Labute approximate surface area is 116 Å². The van der Waals surface area contributed by atoms with Gasteiger partial charge >= 0.3 is 5.97 Å². The van der Waals surface area contributed by atoms with Crippen LogP contribution in [0.2, 0.25) is 0 Å². The summed E-state index contributed by atoms with van der Waals surface area (Å²) < 4.78 is 5.17. The minimum absolute atomic E-state index is 0.183. The lowest BCUT2D eigenvalue weighted by molar-refractivity contribution is -0.141. The standard InChI is InChI=1S/C16H25NO2/c1-2-3-4-5-6-10-13-19-16(18)14-17-15-11-8-7-9-12-15/h7-9,11-12,17H,2-6,10,13-14H2,1H3. The number of carbonyl (C=O) groups is 1. The van der Waals surface area contributed by atoms with Crippen molar-refractivity contribution < 1.29 is 9.53 Å². The van der Waals surface area contributed by atoms with Gasteiger partial charge in [0.1, 0.15) is 6.54 Å². The smallest absolute Gasteiger partial charge is 0.325 e. The fourth-order valence-electron chi connectivity index (χ4n) is 1.85. The van der Waals surface area contributed by atoms with Crippen LogP contribution in [0.25, 0.3) is 0 Å². The van der Waals surface area contributed by atoms with Gasteiger partial charge in [-0.1, -0.05) is 57.2 Å². The molecule has 0 aromatic heterocycles. The van der Waals surface area contributed by atoms with Crippen molar-refractivity contribution in [1.82, 2.24) is 0 Å². The van der Waals surface area contributed by atoms with E-state index in [0.29, 0.717) is 6.61 Å². The van der Waals surface area contributed by atoms with E-state index in [9.17, 15) is 4.79 Å². The number of nitrogens with one attached hydrogen (secondary N) is 1. The first kappa shape index (κ1) is 15.5. The predicted octanol–water partition coefficient (Wildman–Crippen LogP) is 4.00. The van der Waals surface area contributed by atoms with Gasteiger partial charge in [-0.15, -0.1) is 0 Å². The first-order valence-corrected chi connectivity index (χ1v) is 7.27. The molecule has 0 radical (unpaired) electrons. The molecule has 0 heterocycles. The SMILES string of the molecule is CCCCCCCCOC(=O)CNc1ccccc1. The average molecular weight is 263 g/mol. The number of unbranched alkanes of at least 4 members (excludes halogenated alkanes) is 5. The van der Waals surface area contributed by atoms with Crippen LogP contribution in [0.5, 0.6) is 0 Å². The van der Waals surface area contributed by atoms with Gasteiger partial charge in [-0.25, -0.2) is 0 Å². The third-order valence-corrected chi connectivity index (χ3v) is 2.97. The number of esters is 1. The molecule has 1 N–H and O–H groups in total. The number of rotatable bonds is 10. The van der Waals surface area contributed by atoms with Crippen molar-refractivity contribution in [2.24, 2.45) is 0 Å². The summed E-state index contributed by atoms with van der Waals surface area (Å²) in [4.78, 5) is 11.5. The quantitative estimate of drug-likeness (QED) is 0.512. The molecule has 1 rings (SSSR count). The lowest BCUT2D eigenvalue weighted by Crippen LogP contribution is -2.17. The van der Waals surface area contributed by atoms with Crippen LogP contribution in [0, 0.1) is 0 Å². The Bertz CT molecular complexity index is 338. The van der Waals surface area contributed by atoms with Crippen molar-refractivity contribution in [3.8, 4) is 0 Å². The Morgan fingerprint density at radius 3 is 2.47 bits per heavy atom. The molecule has 0 aliphatic rings. The Morgan fingerprint density at radius 2 is 1.74 bits per heavy atom. The molecule has 0 saturated carbocycles. The highest BCUT2D eigenvalue weighted by Gasteiger charge is 2.01. The third kappa shape index (κ3) is 8.25. The highest BCUT2D eigenvalue weighted by atomic mass is 16.5. The molecule has 1 aromatic rings. The van der Waals surface area contributed by atoms with E-state index in [1.54, 1.807) is 0 Å². The van der Waals surface area contributed by atoms with Crippen molar-refractivity contribution >= 4 is 11.7 Å². The first-order chi connectivity index (χ1) is 9.33. The lowest BCUT2D eigenvalue weighted by Gasteiger charge is -2.07. The van der Waals surface area contributed by atoms with Crippen LogP contribution in [0.4, 0.5) is 5.69 Å². The molecule has 0 aliphatic heterocycles.